The zero-order chi connectivity index (χ0) is 14.6. The lowest BCUT2D eigenvalue weighted by atomic mass is 9.99. The van der Waals surface area contributed by atoms with E-state index in [1.165, 1.54) is 11.3 Å². The molecule has 2 aromatic rings. The molecule has 0 bridgehead atoms. The second kappa shape index (κ2) is 6.07. The fourth-order valence-corrected chi connectivity index (χ4v) is 2.61. The number of thiophene rings is 1. The number of carbonyl (C=O) groups excluding carboxylic acids is 1. The van der Waals surface area contributed by atoms with Gasteiger partial charge in [0.1, 0.15) is 5.60 Å². The first kappa shape index (κ1) is 14.6. The molecule has 0 fully saturated rings. The molecule has 0 aliphatic heterocycles. The van der Waals surface area contributed by atoms with Crippen molar-refractivity contribution in [1.82, 2.24) is 5.32 Å². The minimum atomic E-state index is -1.07. The third-order valence-electron chi connectivity index (χ3n) is 3.01. The van der Waals surface area contributed by atoms with Crippen LogP contribution in [0.25, 0.3) is 0 Å². The van der Waals surface area contributed by atoms with Gasteiger partial charge in [-0.2, -0.15) is 11.3 Å². The van der Waals surface area contributed by atoms with Crippen LogP contribution in [-0.4, -0.2) is 17.7 Å². The molecule has 20 heavy (non-hydrogen) atoms. The molecular formula is C15H18N2O2S. The molecule has 1 aromatic carbocycles. The van der Waals surface area contributed by atoms with Gasteiger partial charge in [0.25, 0.3) is 0 Å². The third-order valence-corrected chi connectivity index (χ3v) is 3.70. The number of rotatable bonds is 4. The van der Waals surface area contributed by atoms with Crippen molar-refractivity contribution in [1.29, 1.82) is 0 Å². The number of anilines is 1. The second-order valence-corrected chi connectivity index (χ2v) is 5.74. The minimum absolute atomic E-state index is 0.154. The summed E-state index contributed by atoms with van der Waals surface area (Å²) in [6.07, 6.45) is 0. The van der Waals surface area contributed by atoms with Crippen molar-refractivity contribution < 1.29 is 9.90 Å². The van der Waals surface area contributed by atoms with Gasteiger partial charge in [0, 0.05) is 5.69 Å². The first-order valence-electron chi connectivity index (χ1n) is 6.34. The monoisotopic (exact) mass is 290 g/mol. The summed E-state index contributed by atoms with van der Waals surface area (Å²) < 4.78 is 0. The fourth-order valence-electron chi connectivity index (χ4n) is 1.82. The van der Waals surface area contributed by atoms with Crippen LogP contribution >= 0.6 is 11.3 Å². The number of hydrogen-bond acceptors (Lipinski definition) is 3. The Morgan fingerprint density at radius 2 is 2.20 bits per heavy atom. The van der Waals surface area contributed by atoms with E-state index in [0.29, 0.717) is 0 Å². The van der Waals surface area contributed by atoms with Gasteiger partial charge >= 0.3 is 6.03 Å². The first-order chi connectivity index (χ1) is 9.47. The normalized spacial score (nSPS) is 13.6. The van der Waals surface area contributed by atoms with E-state index >= 15 is 0 Å². The topological polar surface area (TPSA) is 61.4 Å². The van der Waals surface area contributed by atoms with E-state index in [-0.39, 0.29) is 12.6 Å². The van der Waals surface area contributed by atoms with Crippen LogP contribution < -0.4 is 10.6 Å². The Bertz CT molecular complexity index is 579. The molecule has 1 aromatic heterocycles. The van der Waals surface area contributed by atoms with Crippen molar-refractivity contribution in [3.05, 3.63) is 52.2 Å². The highest BCUT2D eigenvalue weighted by Crippen LogP contribution is 2.22. The standard InChI is InChI=1S/C15H18N2O2S/c1-11-4-3-5-13(8-11)17-14(18)16-10-15(2,19)12-6-7-20-9-12/h3-9,19H,10H2,1-2H3,(H2,16,17,18). The predicted molar refractivity (Wildman–Crippen MR) is 82.1 cm³/mol. The van der Waals surface area contributed by atoms with Crippen LogP contribution in [0.4, 0.5) is 10.5 Å². The van der Waals surface area contributed by atoms with Crippen LogP contribution in [0, 0.1) is 6.92 Å². The maximum absolute atomic E-state index is 11.8. The maximum atomic E-state index is 11.8. The molecule has 1 atom stereocenters. The number of nitrogens with one attached hydrogen (secondary N) is 2. The van der Waals surface area contributed by atoms with Crippen LogP contribution in [0.5, 0.6) is 0 Å². The van der Waals surface area contributed by atoms with Crippen LogP contribution in [-0.2, 0) is 5.60 Å². The Balaban J connectivity index is 1.89. The van der Waals surface area contributed by atoms with Gasteiger partial charge in [0.05, 0.1) is 6.54 Å². The number of carbonyl (C=O) groups is 1. The highest BCUT2D eigenvalue weighted by atomic mass is 32.1. The second-order valence-electron chi connectivity index (χ2n) is 4.96. The van der Waals surface area contributed by atoms with Gasteiger partial charge in [0.2, 0.25) is 0 Å². The van der Waals surface area contributed by atoms with E-state index in [9.17, 15) is 9.90 Å². The molecule has 3 N–H and O–H groups in total. The highest BCUT2D eigenvalue weighted by Gasteiger charge is 2.24. The van der Waals surface area contributed by atoms with Crippen molar-refractivity contribution in [2.75, 3.05) is 11.9 Å². The molecule has 2 rings (SSSR count). The molecule has 0 saturated carbocycles. The van der Waals surface area contributed by atoms with E-state index in [1.54, 1.807) is 6.92 Å². The molecule has 0 aliphatic rings. The van der Waals surface area contributed by atoms with E-state index in [4.69, 9.17) is 0 Å². The van der Waals surface area contributed by atoms with Gasteiger partial charge in [-0.05, 0) is 53.9 Å². The summed E-state index contributed by atoms with van der Waals surface area (Å²) in [7, 11) is 0. The molecule has 0 aliphatic carbocycles. The molecule has 2 amide bonds. The molecule has 0 radical (unpaired) electrons. The van der Waals surface area contributed by atoms with E-state index in [1.807, 2.05) is 48.0 Å². The Kier molecular flexibility index (Phi) is 4.42. The van der Waals surface area contributed by atoms with Crippen molar-refractivity contribution in [2.24, 2.45) is 0 Å². The Morgan fingerprint density at radius 3 is 2.85 bits per heavy atom. The lowest BCUT2D eigenvalue weighted by Crippen LogP contribution is -2.40. The number of amides is 2. The molecule has 106 valence electrons. The van der Waals surface area contributed by atoms with Crippen molar-refractivity contribution >= 4 is 23.1 Å². The minimum Gasteiger partial charge on any atom is -0.384 e. The lowest BCUT2D eigenvalue weighted by Gasteiger charge is -2.22. The SMILES string of the molecule is Cc1cccc(NC(=O)NCC(C)(O)c2ccsc2)c1. The van der Waals surface area contributed by atoms with E-state index in [2.05, 4.69) is 10.6 Å². The number of aliphatic hydroxyl groups is 1. The molecule has 0 spiro atoms. The van der Waals surface area contributed by atoms with Crippen molar-refractivity contribution in [2.45, 2.75) is 19.4 Å². The van der Waals surface area contributed by atoms with Crippen molar-refractivity contribution in [3.63, 3.8) is 0 Å². The zero-order valence-electron chi connectivity index (χ0n) is 11.5. The smallest absolute Gasteiger partial charge is 0.319 e. The molecule has 1 heterocycles. The van der Waals surface area contributed by atoms with E-state index in [0.717, 1.165) is 16.8 Å². The zero-order valence-corrected chi connectivity index (χ0v) is 12.3. The van der Waals surface area contributed by atoms with Crippen LogP contribution in [0.2, 0.25) is 0 Å². The predicted octanol–water partition coefficient (Wildman–Crippen LogP) is 3.09. The van der Waals surface area contributed by atoms with Gasteiger partial charge in [-0.25, -0.2) is 4.79 Å². The summed E-state index contributed by atoms with van der Waals surface area (Å²) in [5.74, 6) is 0. The lowest BCUT2D eigenvalue weighted by molar-refractivity contribution is 0.0604. The average molecular weight is 290 g/mol. The van der Waals surface area contributed by atoms with Crippen molar-refractivity contribution in [3.8, 4) is 0 Å². The summed E-state index contributed by atoms with van der Waals surface area (Å²) in [6.45, 7) is 3.80. The Labute approximate surface area is 122 Å². The molecule has 5 heteroatoms. The maximum Gasteiger partial charge on any atom is 0.319 e. The summed E-state index contributed by atoms with van der Waals surface area (Å²) in [6, 6.07) is 9.08. The Hall–Kier alpha value is -1.85. The average Bonchev–Trinajstić information content (AvgIpc) is 2.91. The van der Waals surface area contributed by atoms with Crippen LogP contribution in [0.1, 0.15) is 18.1 Å². The number of benzene rings is 1. The molecule has 4 nitrogen and oxygen atoms in total. The third kappa shape index (κ3) is 3.82. The van der Waals surface area contributed by atoms with Gasteiger partial charge in [-0.1, -0.05) is 12.1 Å². The summed E-state index contributed by atoms with van der Waals surface area (Å²) in [5, 5.41) is 19.5. The first-order valence-corrected chi connectivity index (χ1v) is 7.28. The molecular weight excluding hydrogens is 272 g/mol. The summed E-state index contributed by atoms with van der Waals surface area (Å²) >= 11 is 1.52. The quantitative estimate of drug-likeness (QED) is 0.810. The van der Waals surface area contributed by atoms with E-state index < -0.39 is 5.60 Å². The highest BCUT2D eigenvalue weighted by molar-refractivity contribution is 7.08. The number of aryl methyl sites for hydroxylation is 1. The van der Waals surface area contributed by atoms with Gasteiger partial charge < -0.3 is 15.7 Å². The van der Waals surface area contributed by atoms with Gasteiger partial charge in [-0.15, -0.1) is 0 Å². The van der Waals surface area contributed by atoms with Crippen LogP contribution in [0.3, 0.4) is 0 Å². The fraction of sp³-hybridized carbons (Fsp3) is 0.267. The number of hydrogen-bond donors (Lipinski definition) is 3. The Morgan fingerprint density at radius 1 is 1.40 bits per heavy atom. The number of urea groups is 1. The van der Waals surface area contributed by atoms with Gasteiger partial charge in [-0.3, -0.25) is 0 Å². The molecule has 1 unspecified atom stereocenters. The van der Waals surface area contributed by atoms with Gasteiger partial charge in [0.15, 0.2) is 0 Å². The van der Waals surface area contributed by atoms with Crippen LogP contribution in [0.15, 0.2) is 41.1 Å². The largest absolute Gasteiger partial charge is 0.384 e. The molecule has 0 saturated heterocycles. The summed E-state index contributed by atoms with van der Waals surface area (Å²) in [4.78, 5) is 11.8. The summed E-state index contributed by atoms with van der Waals surface area (Å²) in [5.41, 5.74) is 1.55.